The van der Waals surface area contributed by atoms with E-state index in [1.165, 1.54) is 6.08 Å². The summed E-state index contributed by atoms with van der Waals surface area (Å²) in [7, 11) is 1.57. The van der Waals surface area contributed by atoms with Crippen molar-refractivity contribution in [1.82, 2.24) is 0 Å². The van der Waals surface area contributed by atoms with Gasteiger partial charge in [-0.2, -0.15) is 0 Å². The first-order chi connectivity index (χ1) is 9.60. The largest absolute Gasteiger partial charge is 0.507 e. The van der Waals surface area contributed by atoms with Gasteiger partial charge in [-0.15, -0.1) is 0 Å². The fourth-order valence-electron chi connectivity index (χ4n) is 1.68. The van der Waals surface area contributed by atoms with Crippen molar-refractivity contribution in [3.05, 3.63) is 65.5 Å². The zero-order chi connectivity index (χ0) is 14.5. The molecule has 0 saturated carbocycles. The minimum atomic E-state index is -0.566. The molecule has 2 aromatic rings. The van der Waals surface area contributed by atoms with Crippen molar-refractivity contribution in [1.29, 1.82) is 0 Å². The summed E-state index contributed by atoms with van der Waals surface area (Å²) in [6, 6.07) is 10.4. The van der Waals surface area contributed by atoms with Crippen LogP contribution in [0, 0.1) is 5.82 Å². The van der Waals surface area contributed by atoms with Crippen LogP contribution in [0.3, 0.4) is 0 Å². The molecule has 0 aliphatic heterocycles. The maximum Gasteiger partial charge on any atom is 0.189 e. The van der Waals surface area contributed by atoms with Crippen LogP contribution in [0.15, 0.2) is 48.5 Å². The molecule has 3 nitrogen and oxygen atoms in total. The molecule has 0 saturated heterocycles. The van der Waals surface area contributed by atoms with E-state index in [2.05, 4.69) is 0 Å². The molecule has 0 amide bonds. The first-order valence-corrected chi connectivity index (χ1v) is 5.95. The quantitative estimate of drug-likeness (QED) is 0.685. The Morgan fingerprint density at radius 1 is 1.20 bits per heavy atom. The standard InChI is InChI=1S/C16H13FO3/c1-20-13-6-2-11(3-7-13)4-8-15(18)14-10-12(17)5-9-16(14)19/h2-10,19H,1H3. The second kappa shape index (κ2) is 6.02. The van der Waals surface area contributed by atoms with Gasteiger partial charge in [0.15, 0.2) is 5.78 Å². The first kappa shape index (κ1) is 13.8. The molecule has 0 aliphatic rings. The van der Waals surface area contributed by atoms with E-state index in [-0.39, 0.29) is 11.3 Å². The molecule has 0 atom stereocenters. The molecule has 0 radical (unpaired) electrons. The second-order valence-corrected chi connectivity index (χ2v) is 4.13. The summed E-state index contributed by atoms with van der Waals surface area (Å²) >= 11 is 0. The Labute approximate surface area is 115 Å². The zero-order valence-electron chi connectivity index (χ0n) is 10.8. The van der Waals surface area contributed by atoms with Gasteiger partial charge in [0.05, 0.1) is 12.7 Å². The lowest BCUT2D eigenvalue weighted by atomic mass is 10.1. The van der Waals surface area contributed by atoms with E-state index in [9.17, 15) is 14.3 Å². The highest BCUT2D eigenvalue weighted by Gasteiger charge is 2.09. The van der Waals surface area contributed by atoms with Gasteiger partial charge in [0.2, 0.25) is 0 Å². The fourth-order valence-corrected chi connectivity index (χ4v) is 1.68. The summed E-state index contributed by atoms with van der Waals surface area (Å²) in [5, 5.41) is 9.53. The minimum absolute atomic E-state index is 0.0604. The predicted octanol–water partition coefficient (Wildman–Crippen LogP) is 3.44. The van der Waals surface area contributed by atoms with Crippen LogP contribution in [0.25, 0.3) is 6.08 Å². The lowest BCUT2D eigenvalue weighted by Crippen LogP contribution is -1.95. The van der Waals surface area contributed by atoms with E-state index < -0.39 is 11.6 Å². The topological polar surface area (TPSA) is 46.5 Å². The molecule has 102 valence electrons. The van der Waals surface area contributed by atoms with E-state index in [0.29, 0.717) is 0 Å². The Morgan fingerprint density at radius 2 is 1.90 bits per heavy atom. The predicted molar refractivity (Wildman–Crippen MR) is 74.4 cm³/mol. The Hall–Kier alpha value is -2.62. The molecule has 0 unspecified atom stereocenters. The van der Waals surface area contributed by atoms with Crippen molar-refractivity contribution in [2.75, 3.05) is 7.11 Å². The molecule has 0 aromatic heterocycles. The summed E-state index contributed by atoms with van der Waals surface area (Å²) in [4.78, 5) is 11.9. The van der Waals surface area contributed by atoms with Gasteiger partial charge in [0.25, 0.3) is 0 Å². The number of benzene rings is 2. The molecule has 20 heavy (non-hydrogen) atoms. The van der Waals surface area contributed by atoms with Gasteiger partial charge in [-0.3, -0.25) is 4.79 Å². The molecule has 0 spiro atoms. The number of carbonyl (C=O) groups excluding carboxylic acids is 1. The number of rotatable bonds is 4. The summed E-state index contributed by atoms with van der Waals surface area (Å²) in [5.41, 5.74) is 0.741. The highest BCUT2D eigenvalue weighted by molar-refractivity contribution is 6.08. The molecule has 1 N–H and O–H groups in total. The van der Waals surface area contributed by atoms with Crippen LogP contribution >= 0.6 is 0 Å². The third kappa shape index (κ3) is 3.23. The van der Waals surface area contributed by atoms with E-state index in [0.717, 1.165) is 29.5 Å². The van der Waals surface area contributed by atoms with Crippen LogP contribution in [0.2, 0.25) is 0 Å². The number of halogens is 1. The maximum atomic E-state index is 13.1. The SMILES string of the molecule is COc1ccc(C=CC(=O)c2cc(F)ccc2O)cc1. The van der Waals surface area contributed by atoms with Crippen LogP contribution < -0.4 is 4.74 Å². The van der Waals surface area contributed by atoms with Gasteiger partial charge in [0, 0.05) is 0 Å². The van der Waals surface area contributed by atoms with E-state index in [1.54, 1.807) is 37.5 Å². The highest BCUT2D eigenvalue weighted by Crippen LogP contribution is 2.19. The van der Waals surface area contributed by atoms with E-state index in [4.69, 9.17) is 4.74 Å². The second-order valence-electron chi connectivity index (χ2n) is 4.13. The Bertz CT molecular complexity index is 645. The molecular formula is C16H13FO3. The van der Waals surface area contributed by atoms with Crippen LogP contribution in [0.4, 0.5) is 4.39 Å². The molecule has 0 bridgehead atoms. The van der Waals surface area contributed by atoms with Crippen molar-refractivity contribution >= 4 is 11.9 Å². The number of ether oxygens (including phenoxy) is 1. The number of hydrogen-bond donors (Lipinski definition) is 1. The molecular weight excluding hydrogens is 259 g/mol. The first-order valence-electron chi connectivity index (χ1n) is 5.95. The molecule has 0 heterocycles. The monoisotopic (exact) mass is 272 g/mol. The Balaban J connectivity index is 2.17. The zero-order valence-corrected chi connectivity index (χ0v) is 10.8. The molecule has 0 aliphatic carbocycles. The number of phenols is 1. The van der Waals surface area contributed by atoms with E-state index >= 15 is 0 Å². The van der Waals surface area contributed by atoms with Gasteiger partial charge in [-0.05, 0) is 42.0 Å². The minimum Gasteiger partial charge on any atom is -0.507 e. The van der Waals surface area contributed by atoms with Crippen LogP contribution in [-0.2, 0) is 0 Å². The van der Waals surface area contributed by atoms with E-state index in [1.807, 2.05) is 0 Å². The third-order valence-electron chi connectivity index (χ3n) is 2.77. The van der Waals surface area contributed by atoms with Gasteiger partial charge in [-0.1, -0.05) is 18.2 Å². The smallest absolute Gasteiger partial charge is 0.189 e. The van der Waals surface area contributed by atoms with Crippen molar-refractivity contribution in [3.8, 4) is 11.5 Å². The normalized spacial score (nSPS) is 10.7. The Kier molecular flexibility index (Phi) is 4.15. The molecule has 4 heteroatoms. The molecule has 2 rings (SSSR count). The average molecular weight is 272 g/mol. The van der Waals surface area contributed by atoms with Gasteiger partial charge in [-0.25, -0.2) is 4.39 Å². The van der Waals surface area contributed by atoms with Crippen molar-refractivity contribution in [3.63, 3.8) is 0 Å². The van der Waals surface area contributed by atoms with Crippen molar-refractivity contribution < 1.29 is 19.0 Å². The lowest BCUT2D eigenvalue weighted by molar-refractivity contribution is 0.104. The van der Waals surface area contributed by atoms with Gasteiger partial charge < -0.3 is 9.84 Å². The van der Waals surface area contributed by atoms with Crippen LogP contribution in [0.5, 0.6) is 11.5 Å². The fraction of sp³-hybridized carbons (Fsp3) is 0.0625. The average Bonchev–Trinajstić information content (AvgIpc) is 2.47. The maximum absolute atomic E-state index is 13.1. The third-order valence-corrected chi connectivity index (χ3v) is 2.77. The van der Waals surface area contributed by atoms with Gasteiger partial charge >= 0.3 is 0 Å². The van der Waals surface area contributed by atoms with Crippen molar-refractivity contribution in [2.24, 2.45) is 0 Å². The van der Waals surface area contributed by atoms with Gasteiger partial charge in [0.1, 0.15) is 17.3 Å². The molecule has 2 aromatic carbocycles. The van der Waals surface area contributed by atoms with Crippen molar-refractivity contribution in [2.45, 2.75) is 0 Å². The van der Waals surface area contributed by atoms with Crippen LogP contribution in [-0.4, -0.2) is 18.0 Å². The summed E-state index contributed by atoms with van der Waals surface area (Å²) in [5.74, 6) is -0.547. The number of hydrogen-bond acceptors (Lipinski definition) is 3. The summed E-state index contributed by atoms with van der Waals surface area (Å²) in [6.07, 6.45) is 2.88. The summed E-state index contributed by atoms with van der Waals surface area (Å²) in [6.45, 7) is 0. The molecule has 0 fully saturated rings. The number of allylic oxidation sites excluding steroid dienone is 1. The highest BCUT2D eigenvalue weighted by atomic mass is 19.1. The number of aromatic hydroxyl groups is 1. The van der Waals surface area contributed by atoms with Crippen LogP contribution in [0.1, 0.15) is 15.9 Å². The number of phenolic OH excluding ortho intramolecular Hbond substituents is 1. The number of methoxy groups -OCH3 is 1. The summed E-state index contributed by atoms with van der Waals surface area (Å²) < 4.78 is 18.1. The number of ketones is 1. The number of carbonyl (C=O) groups is 1. The lowest BCUT2D eigenvalue weighted by Gasteiger charge is -2.01. The Morgan fingerprint density at radius 3 is 2.55 bits per heavy atom.